The Kier molecular flexibility index (Phi) is 7.84. The van der Waals surface area contributed by atoms with Crippen LogP contribution in [0.5, 0.6) is 0 Å². The smallest absolute Gasteiger partial charge is 0.194 e. The number of nitrogens with one attached hydrogen (secondary N) is 1. The molecule has 150 valence electrons. The lowest BCUT2D eigenvalue weighted by molar-refractivity contribution is 0.372. The number of anilines is 1. The van der Waals surface area contributed by atoms with E-state index in [2.05, 4.69) is 33.1 Å². The number of benzene rings is 1. The second-order valence-corrected chi connectivity index (χ2v) is 8.25. The summed E-state index contributed by atoms with van der Waals surface area (Å²) >= 11 is 0. The van der Waals surface area contributed by atoms with E-state index in [0.717, 1.165) is 50.1 Å². The van der Waals surface area contributed by atoms with Gasteiger partial charge in [-0.05, 0) is 24.6 Å². The van der Waals surface area contributed by atoms with E-state index in [1.54, 1.807) is 0 Å². The van der Waals surface area contributed by atoms with Gasteiger partial charge in [-0.2, -0.15) is 0 Å². The largest absolute Gasteiger partial charge is 0.357 e. The van der Waals surface area contributed by atoms with Crippen LogP contribution < -0.4 is 10.2 Å². The SMILES string of the molecule is CCNC(=NCCS(=O)Cc1ccccc1)N1CCN(c2ccccn2)CC1. The number of hydrogen-bond donors (Lipinski definition) is 1. The molecule has 0 spiro atoms. The minimum absolute atomic E-state index is 0.572. The van der Waals surface area contributed by atoms with Gasteiger partial charge in [0.05, 0.1) is 6.54 Å². The van der Waals surface area contributed by atoms with Gasteiger partial charge < -0.3 is 15.1 Å². The van der Waals surface area contributed by atoms with Crippen LogP contribution in [0.15, 0.2) is 59.7 Å². The van der Waals surface area contributed by atoms with Gasteiger partial charge in [0, 0.05) is 61.2 Å². The first-order valence-corrected chi connectivity index (χ1v) is 11.3. The summed E-state index contributed by atoms with van der Waals surface area (Å²) in [6, 6.07) is 16.0. The fourth-order valence-electron chi connectivity index (χ4n) is 3.20. The number of aromatic nitrogens is 1. The molecular formula is C21H29N5OS. The monoisotopic (exact) mass is 399 g/mol. The third-order valence-corrected chi connectivity index (χ3v) is 5.93. The lowest BCUT2D eigenvalue weighted by atomic mass is 10.2. The van der Waals surface area contributed by atoms with Crippen molar-refractivity contribution in [2.45, 2.75) is 12.7 Å². The van der Waals surface area contributed by atoms with Crippen molar-refractivity contribution < 1.29 is 4.21 Å². The van der Waals surface area contributed by atoms with Crippen molar-refractivity contribution in [3.05, 3.63) is 60.3 Å². The Bertz CT molecular complexity index is 761. The highest BCUT2D eigenvalue weighted by molar-refractivity contribution is 7.84. The molecule has 2 aromatic rings. The predicted octanol–water partition coefficient (Wildman–Crippen LogP) is 2.12. The van der Waals surface area contributed by atoms with Crippen LogP contribution in [0.4, 0.5) is 5.82 Å². The maximum Gasteiger partial charge on any atom is 0.194 e. The summed E-state index contributed by atoms with van der Waals surface area (Å²) in [5.41, 5.74) is 1.11. The van der Waals surface area contributed by atoms with Gasteiger partial charge in [0.25, 0.3) is 0 Å². The van der Waals surface area contributed by atoms with E-state index >= 15 is 0 Å². The molecule has 1 aliphatic rings. The van der Waals surface area contributed by atoms with Crippen LogP contribution in [0.25, 0.3) is 0 Å². The third kappa shape index (κ3) is 6.05. The summed E-state index contributed by atoms with van der Waals surface area (Å²) < 4.78 is 12.3. The van der Waals surface area contributed by atoms with E-state index in [1.807, 2.05) is 48.7 Å². The Hall–Kier alpha value is -2.41. The topological polar surface area (TPSA) is 60.8 Å². The van der Waals surface area contributed by atoms with Crippen molar-refractivity contribution in [1.29, 1.82) is 0 Å². The van der Waals surface area contributed by atoms with Crippen molar-refractivity contribution in [3.63, 3.8) is 0 Å². The van der Waals surface area contributed by atoms with Crippen molar-refractivity contribution in [2.24, 2.45) is 4.99 Å². The Morgan fingerprint density at radius 3 is 2.54 bits per heavy atom. The van der Waals surface area contributed by atoms with Crippen LogP contribution in [0.1, 0.15) is 12.5 Å². The molecule has 1 N–H and O–H groups in total. The van der Waals surface area contributed by atoms with Crippen LogP contribution in [0, 0.1) is 0 Å². The molecule has 1 saturated heterocycles. The molecule has 3 rings (SSSR count). The Morgan fingerprint density at radius 2 is 1.86 bits per heavy atom. The van der Waals surface area contributed by atoms with Gasteiger partial charge in [-0.1, -0.05) is 36.4 Å². The average molecular weight is 400 g/mol. The number of piperazine rings is 1. The molecule has 0 saturated carbocycles. The van der Waals surface area contributed by atoms with E-state index in [1.165, 1.54) is 0 Å². The first-order chi connectivity index (χ1) is 13.8. The standard InChI is InChI=1S/C21H29N5OS/c1-2-22-21(24-12-17-28(27)18-19-8-4-3-5-9-19)26-15-13-25(14-16-26)20-10-6-7-11-23-20/h3-11H,2,12-18H2,1H3,(H,22,24). The van der Waals surface area contributed by atoms with Gasteiger partial charge in [0.1, 0.15) is 5.82 Å². The fourth-order valence-corrected chi connectivity index (χ4v) is 4.20. The lowest BCUT2D eigenvalue weighted by Crippen LogP contribution is -2.52. The van der Waals surface area contributed by atoms with Crippen molar-refractivity contribution in [2.75, 3.05) is 49.9 Å². The highest BCUT2D eigenvalue weighted by atomic mass is 32.2. The van der Waals surface area contributed by atoms with Crippen LogP contribution in [-0.4, -0.2) is 65.1 Å². The maximum atomic E-state index is 12.3. The van der Waals surface area contributed by atoms with E-state index in [0.29, 0.717) is 18.1 Å². The molecule has 0 aliphatic carbocycles. The maximum absolute atomic E-state index is 12.3. The summed E-state index contributed by atoms with van der Waals surface area (Å²) in [7, 11) is -0.897. The number of nitrogens with zero attached hydrogens (tertiary/aromatic N) is 4. The Balaban J connectivity index is 1.49. The molecule has 1 aromatic carbocycles. The average Bonchev–Trinajstić information content (AvgIpc) is 2.75. The number of pyridine rings is 1. The zero-order valence-electron chi connectivity index (χ0n) is 16.5. The van der Waals surface area contributed by atoms with E-state index < -0.39 is 10.8 Å². The molecule has 0 radical (unpaired) electrons. The van der Waals surface area contributed by atoms with Crippen molar-refractivity contribution in [3.8, 4) is 0 Å². The molecule has 28 heavy (non-hydrogen) atoms. The molecule has 1 unspecified atom stereocenters. The minimum Gasteiger partial charge on any atom is -0.357 e. The molecule has 1 aromatic heterocycles. The summed E-state index contributed by atoms with van der Waals surface area (Å²) in [5.74, 6) is 3.12. The molecule has 2 heterocycles. The summed E-state index contributed by atoms with van der Waals surface area (Å²) in [4.78, 5) is 13.7. The van der Waals surface area contributed by atoms with E-state index in [9.17, 15) is 4.21 Å². The summed E-state index contributed by atoms with van der Waals surface area (Å²) in [6.07, 6.45) is 1.84. The van der Waals surface area contributed by atoms with Gasteiger partial charge in [-0.15, -0.1) is 0 Å². The molecule has 7 heteroatoms. The second-order valence-electron chi connectivity index (χ2n) is 6.67. The first-order valence-electron chi connectivity index (χ1n) is 9.84. The Labute approximate surface area is 170 Å². The van der Waals surface area contributed by atoms with E-state index in [-0.39, 0.29) is 0 Å². The van der Waals surface area contributed by atoms with Gasteiger partial charge in [-0.3, -0.25) is 9.20 Å². The van der Waals surface area contributed by atoms with Crippen LogP contribution in [0.2, 0.25) is 0 Å². The second kappa shape index (κ2) is 10.8. The quantitative estimate of drug-likeness (QED) is 0.571. The normalized spacial score (nSPS) is 16.1. The van der Waals surface area contributed by atoms with Gasteiger partial charge in [0.15, 0.2) is 5.96 Å². The van der Waals surface area contributed by atoms with Crippen molar-refractivity contribution >= 4 is 22.6 Å². The lowest BCUT2D eigenvalue weighted by Gasteiger charge is -2.37. The zero-order chi connectivity index (χ0) is 19.6. The highest BCUT2D eigenvalue weighted by Crippen LogP contribution is 2.12. The van der Waals surface area contributed by atoms with Crippen molar-refractivity contribution in [1.82, 2.24) is 15.2 Å². The molecule has 1 fully saturated rings. The van der Waals surface area contributed by atoms with Crippen LogP contribution >= 0.6 is 0 Å². The summed E-state index contributed by atoms with van der Waals surface area (Å²) in [5, 5.41) is 3.37. The molecular weight excluding hydrogens is 370 g/mol. The molecule has 0 bridgehead atoms. The van der Waals surface area contributed by atoms with E-state index in [4.69, 9.17) is 4.99 Å². The van der Waals surface area contributed by atoms with Gasteiger partial charge in [0.2, 0.25) is 0 Å². The van der Waals surface area contributed by atoms with Gasteiger partial charge >= 0.3 is 0 Å². The minimum atomic E-state index is -0.897. The molecule has 0 amide bonds. The van der Waals surface area contributed by atoms with Gasteiger partial charge in [-0.25, -0.2) is 4.98 Å². The molecule has 1 atom stereocenters. The van der Waals surface area contributed by atoms with Crippen LogP contribution in [-0.2, 0) is 16.6 Å². The number of hydrogen-bond acceptors (Lipinski definition) is 4. The first kappa shape index (κ1) is 20.3. The molecule has 6 nitrogen and oxygen atoms in total. The number of aliphatic imine (C=N–C) groups is 1. The highest BCUT2D eigenvalue weighted by Gasteiger charge is 2.20. The summed E-state index contributed by atoms with van der Waals surface area (Å²) in [6.45, 7) is 7.11. The fraction of sp³-hybridized carbons (Fsp3) is 0.429. The number of rotatable bonds is 7. The van der Waals surface area contributed by atoms with Crippen LogP contribution in [0.3, 0.4) is 0 Å². The zero-order valence-corrected chi connectivity index (χ0v) is 17.3. The predicted molar refractivity (Wildman–Crippen MR) is 117 cm³/mol. The molecule has 1 aliphatic heterocycles. The third-order valence-electron chi connectivity index (χ3n) is 4.64. The Morgan fingerprint density at radius 1 is 1.11 bits per heavy atom. The number of guanidine groups is 1.